The van der Waals surface area contributed by atoms with Crippen LogP contribution in [0.25, 0.3) is 0 Å². The van der Waals surface area contributed by atoms with Crippen molar-refractivity contribution in [2.75, 3.05) is 0 Å². The Morgan fingerprint density at radius 2 is 1.87 bits per heavy atom. The highest BCUT2D eigenvalue weighted by molar-refractivity contribution is 5.93. The second-order valence-electron chi connectivity index (χ2n) is 4.64. The number of hydrogen-bond acceptors (Lipinski definition) is 1. The van der Waals surface area contributed by atoms with E-state index >= 15 is 0 Å². The second kappa shape index (κ2) is 7.67. The largest absolute Gasteiger partial charge is 0.295 e. The standard InChI is InChI=1S/C14H26O/c1-6-8-9-13(7-2)10-14(11(3)4)12(5)15/h10-11,13H,6-9H2,1-5H3/b14-10+. The van der Waals surface area contributed by atoms with Gasteiger partial charge in [-0.15, -0.1) is 0 Å². The Labute approximate surface area is 95.0 Å². The van der Waals surface area contributed by atoms with Gasteiger partial charge in [0.2, 0.25) is 0 Å². The summed E-state index contributed by atoms with van der Waals surface area (Å²) < 4.78 is 0. The van der Waals surface area contributed by atoms with Crippen molar-refractivity contribution in [2.45, 2.75) is 60.3 Å². The van der Waals surface area contributed by atoms with E-state index < -0.39 is 0 Å². The predicted molar refractivity (Wildman–Crippen MR) is 66.9 cm³/mol. The monoisotopic (exact) mass is 210 g/mol. The van der Waals surface area contributed by atoms with Gasteiger partial charge in [-0.25, -0.2) is 0 Å². The zero-order valence-electron chi connectivity index (χ0n) is 11.0. The number of rotatable bonds is 7. The van der Waals surface area contributed by atoms with Crippen molar-refractivity contribution in [1.29, 1.82) is 0 Å². The molecule has 1 unspecified atom stereocenters. The van der Waals surface area contributed by atoms with E-state index in [9.17, 15) is 4.79 Å². The Hall–Kier alpha value is -0.590. The number of allylic oxidation sites excluding steroid dienone is 2. The van der Waals surface area contributed by atoms with Gasteiger partial charge in [0.25, 0.3) is 0 Å². The summed E-state index contributed by atoms with van der Waals surface area (Å²) >= 11 is 0. The van der Waals surface area contributed by atoms with Crippen molar-refractivity contribution < 1.29 is 4.79 Å². The minimum Gasteiger partial charge on any atom is -0.295 e. The SMILES string of the molecule is CCCCC(/C=C(/C(C)=O)C(C)C)CC. The first-order chi connectivity index (χ1) is 7.02. The van der Waals surface area contributed by atoms with Gasteiger partial charge in [0.05, 0.1) is 0 Å². The molecule has 0 rings (SSSR count). The van der Waals surface area contributed by atoms with Gasteiger partial charge in [0.15, 0.2) is 5.78 Å². The molecule has 15 heavy (non-hydrogen) atoms. The fourth-order valence-corrected chi connectivity index (χ4v) is 1.84. The third-order valence-corrected chi connectivity index (χ3v) is 2.90. The maximum atomic E-state index is 11.4. The van der Waals surface area contributed by atoms with Crippen LogP contribution < -0.4 is 0 Å². The number of carbonyl (C=O) groups is 1. The van der Waals surface area contributed by atoms with Gasteiger partial charge in [-0.05, 0) is 37.2 Å². The van der Waals surface area contributed by atoms with E-state index in [0.29, 0.717) is 11.8 Å². The molecular formula is C14H26O. The smallest absolute Gasteiger partial charge is 0.155 e. The van der Waals surface area contributed by atoms with Crippen molar-refractivity contribution >= 4 is 5.78 Å². The Morgan fingerprint density at radius 1 is 1.27 bits per heavy atom. The number of ketones is 1. The zero-order valence-corrected chi connectivity index (χ0v) is 11.0. The summed E-state index contributed by atoms with van der Waals surface area (Å²) in [5, 5.41) is 0. The van der Waals surface area contributed by atoms with Gasteiger partial charge < -0.3 is 0 Å². The van der Waals surface area contributed by atoms with Crippen LogP contribution in [0.5, 0.6) is 0 Å². The van der Waals surface area contributed by atoms with Crippen LogP contribution in [0.3, 0.4) is 0 Å². The maximum Gasteiger partial charge on any atom is 0.155 e. The van der Waals surface area contributed by atoms with E-state index in [-0.39, 0.29) is 5.78 Å². The van der Waals surface area contributed by atoms with Crippen molar-refractivity contribution in [1.82, 2.24) is 0 Å². The number of Topliss-reactive ketones (excluding diaryl/α,β-unsaturated/α-hetero) is 1. The first kappa shape index (κ1) is 14.4. The van der Waals surface area contributed by atoms with E-state index in [1.54, 1.807) is 6.92 Å². The molecule has 88 valence electrons. The quantitative estimate of drug-likeness (QED) is 0.570. The third kappa shape index (κ3) is 5.76. The molecule has 0 aliphatic heterocycles. The van der Waals surface area contributed by atoms with Crippen LogP contribution in [-0.2, 0) is 4.79 Å². The average molecular weight is 210 g/mol. The molecule has 0 saturated carbocycles. The predicted octanol–water partition coefficient (Wildman–Crippen LogP) is 4.37. The highest BCUT2D eigenvalue weighted by Crippen LogP contribution is 2.20. The van der Waals surface area contributed by atoms with Gasteiger partial charge in [-0.2, -0.15) is 0 Å². The lowest BCUT2D eigenvalue weighted by molar-refractivity contribution is -0.114. The molecular weight excluding hydrogens is 184 g/mol. The lowest BCUT2D eigenvalue weighted by Gasteiger charge is -2.14. The molecule has 0 aliphatic rings. The zero-order chi connectivity index (χ0) is 11.8. The van der Waals surface area contributed by atoms with Gasteiger partial charge in [0, 0.05) is 0 Å². The summed E-state index contributed by atoms with van der Waals surface area (Å²) in [6.45, 7) is 10.3. The molecule has 0 aliphatic carbocycles. The van der Waals surface area contributed by atoms with Crippen LogP contribution in [0.4, 0.5) is 0 Å². The minimum atomic E-state index is 0.236. The van der Waals surface area contributed by atoms with E-state index in [0.717, 1.165) is 12.0 Å². The normalized spacial score (nSPS) is 14.4. The summed E-state index contributed by atoms with van der Waals surface area (Å²) in [4.78, 5) is 11.4. The van der Waals surface area contributed by atoms with Gasteiger partial charge >= 0.3 is 0 Å². The fraction of sp³-hybridized carbons (Fsp3) is 0.786. The Morgan fingerprint density at radius 3 is 2.20 bits per heavy atom. The van der Waals surface area contributed by atoms with Crippen molar-refractivity contribution in [3.05, 3.63) is 11.6 Å². The molecule has 0 aromatic heterocycles. The Balaban J connectivity index is 4.53. The lowest BCUT2D eigenvalue weighted by atomic mass is 9.91. The van der Waals surface area contributed by atoms with Crippen LogP contribution in [0.1, 0.15) is 60.3 Å². The number of hydrogen-bond donors (Lipinski definition) is 0. The van der Waals surface area contributed by atoms with Crippen molar-refractivity contribution in [3.8, 4) is 0 Å². The maximum absolute atomic E-state index is 11.4. The topological polar surface area (TPSA) is 17.1 Å². The average Bonchev–Trinajstić information content (AvgIpc) is 2.17. The number of unbranched alkanes of at least 4 members (excludes halogenated alkanes) is 1. The molecule has 0 amide bonds. The van der Waals surface area contributed by atoms with Crippen LogP contribution in [0.2, 0.25) is 0 Å². The fourth-order valence-electron chi connectivity index (χ4n) is 1.84. The van der Waals surface area contributed by atoms with E-state index in [4.69, 9.17) is 0 Å². The molecule has 0 saturated heterocycles. The summed E-state index contributed by atoms with van der Waals surface area (Å²) in [5.74, 6) is 1.18. The summed E-state index contributed by atoms with van der Waals surface area (Å²) in [6, 6.07) is 0. The molecule has 0 N–H and O–H groups in total. The lowest BCUT2D eigenvalue weighted by Crippen LogP contribution is -2.07. The van der Waals surface area contributed by atoms with Crippen molar-refractivity contribution in [2.24, 2.45) is 11.8 Å². The molecule has 0 heterocycles. The minimum absolute atomic E-state index is 0.236. The van der Waals surface area contributed by atoms with E-state index in [1.165, 1.54) is 19.3 Å². The first-order valence-corrected chi connectivity index (χ1v) is 6.25. The summed E-state index contributed by atoms with van der Waals surface area (Å²) in [7, 11) is 0. The molecule has 0 fully saturated rings. The molecule has 1 nitrogen and oxygen atoms in total. The van der Waals surface area contributed by atoms with Crippen LogP contribution in [-0.4, -0.2) is 5.78 Å². The molecule has 0 spiro atoms. The highest BCUT2D eigenvalue weighted by atomic mass is 16.1. The molecule has 0 radical (unpaired) electrons. The van der Waals surface area contributed by atoms with Gasteiger partial charge in [-0.3, -0.25) is 4.79 Å². The second-order valence-corrected chi connectivity index (χ2v) is 4.64. The molecule has 0 bridgehead atoms. The number of carbonyl (C=O) groups excluding carboxylic acids is 1. The Kier molecular flexibility index (Phi) is 7.37. The van der Waals surface area contributed by atoms with Crippen LogP contribution in [0, 0.1) is 11.8 Å². The molecule has 1 atom stereocenters. The van der Waals surface area contributed by atoms with Crippen LogP contribution >= 0.6 is 0 Å². The van der Waals surface area contributed by atoms with Gasteiger partial charge in [0.1, 0.15) is 0 Å². The van der Waals surface area contributed by atoms with Crippen molar-refractivity contribution in [3.63, 3.8) is 0 Å². The first-order valence-electron chi connectivity index (χ1n) is 6.25. The highest BCUT2D eigenvalue weighted by Gasteiger charge is 2.11. The van der Waals surface area contributed by atoms with E-state index in [1.807, 2.05) is 0 Å². The summed E-state index contributed by atoms with van der Waals surface area (Å²) in [5.41, 5.74) is 1.01. The molecule has 1 heteroatoms. The van der Waals surface area contributed by atoms with Gasteiger partial charge in [-0.1, -0.05) is 46.6 Å². The third-order valence-electron chi connectivity index (χ3n) is 2.90. The summed E-state index contributed by atoms with van der Waals surface area (Å²) in [6.07, 6.45) is 7.07. The Bertz CT molecular complexity index is 213. The van der Waals surface area contributed by atoms with E-state index in [2.05, 4.69) is 33.8 Å². The molecule has 0 aromatic carbocycles. The van der Waals surface area contributed by atoms with Crippen LogP contribution in [0.15, 0.2) is 11.6 Å². The molecule has 0 aromatic rings.